The molecule has 1 N–H and O–H groups in total. The number of hydrogen-bond acceptors (Lipinski definition) is 3. The molecule has 0 unspecified atom stereocenters. The summed E-state index contributed by atoms with van der Waals surface area (Å²) in [7, 11) is 0. The van der Waals surface area contributed by atoms with Gasteiger partial charge in [0.25, 0.3) is 0 Å². The first-order valence-corrected chi connectivity index (χ1v) is 8.63. The minimum absolute atomic E-state index is 0.503. The summed E-state index contributed by atoms with van der Waals surface area (Å²) in [6.07, 6.45) is 7.15. The zero-order valence-corrected chi connectivity index (χ0v) is 14.6. The van der Waals surface area contributed by atoms with E-state index in [1.165, 1.54) is 0 Å². The highest BCUT2D eigenvalue weighted by molar-refractivity contribution is 6.01. The number of fused-ring (bicyclic) bond motifs is 1. The van der Waals surface area contributed by atoms with Crippen LogP contribution in [0.5, 0.6) is 5.75 Å². The molecule has 4 heteroatoms. The van der Waals surface area contributed by atoms with Crippen molar-refractivity contribution in [3.63, 3.8) is 0 Å². The summed E-state index contributed by atoms with van der Waals surface area (Å²) in [5, 5.41) is 10.6. The van der Waals surface area contributed by atoms with E-state index in [-0.39, 0.29) is 0 Å². The van der Waals surface area contributed by atoms with E-state index in [0.29, 0.717) is 12.2 Å². The topological polar surface area (TPSA) is 61.7 Å². The van der Waals surface area contributed by atoms with E-state index in [9.17, 15) is 5.26 Å². The quantitative estimate of drug-likeness (QED) is 0.502. The first-order chi connectivity index (χ1) is 13.3. The molecule has 0 radical (unpaired) electrons. The van der Waals surface area contributed by atoms with Crippen LogP contribution in [-0.2, 0) is 6.61 Å². The molecule has 2 aromatic heterocycles. The second kappa shape index (κ2) is 7.59. The highest BCUT2D eigenvalue weighted by Gasteiger charge is 2.10. The van der Waals surface area contributed by atoms with Crippen LogP contribution in [-0.4, -0.2) is 9.97 Å². The SMILES string of the molecule is N#CC(=Cc1cccnc1)c1c[nH]c2ccc(OCc3ccccc3)cc12. The number of nitrogens with zero attached hydrogens (tertiary/aromatic N) is 2. The smallest absolute Gasteiger partial charge is 0.120 e. The Hall–Kier alpha value is -3.84. The van der Waals surface area contributed by atoms with Crippen LogP contribution in [0, 0.1) is 11.3 Å². The van der Waals surface area contributed by atoms with Gasteiger partial charge in [0.2, 0.25) is 0 Å². The Morgan fingerprint density at radius 1 is 1.11 bits per heavy atom. The number of allylic oxidation sites excluding steroid dienone is 1. The van der Waals surface area contributed by atoms with Gasteiger partial charge >= 0.3 is 0 Å². The van der Waals surface area contributed by atoms with Crippen molar-refractivity contribution >= 4 is 22.6 Å². The van der Waals surface area contributed by atoms with Gasteiger partial charge in [0.1, 0.15) is 12.4 Å². The average Bonchev–Trinajstić information content (AvgIpc) is 3.15. The molecule has 0 spiro atoms. The zero-order valence-electron chi connectivity index (χ0n) is 14.6. The number of H-pyrrole nitrogens is 1. The monoisotopic (exact) mass is 351 g/mol. The van der Waals surface area contributed by atoms with Gasteiger partial charge in [-0.05, 0) is 41.5 Å². The van der Waals surface area contributed by atoms with Gasteiger partial charge in [0.05, 0.1) is 11.6 Å². The number of aromatic nitrogens is 2. The lowest BCUT2D eigenvalue weighted by molar-refractivity contribution is 0.306. The van der Waals surface area contributed by atoms with Gasteiger partial charge in [-0.25, -0.2) is 0 Å². The maximum Gasteiger partial charge on any atom is 0.120 e. The lowest BCUT2D eigenvalue weighted by Gasteiger charge is -2.07. The number of pyridine rings is 1. The molecule has 0 aliphatic heterocycles. The third-order valence-electron chi connectivity index (χ3n) is 4.31. The standard InChI is InChI=1S/C23H17N3O/c24-13-19(11-18-7-4-10-25-14-18)22-15-26-23-9-8-20(12-21(22)23)27-16-17-5-2-1-3-6-17/h1-12,14-15,26H,16H2. The third kappa shape index (κ3) is 3.73. The van der Waals surface area contributed by atoms with Crippen LogP contribution < -0.4 is 4.74 Å². The van der Waals surface area contributed by atoms with E-state index < -0.39 is 0 Å². The van der Waals surface area contributed by atoms with Crippen molar-refractivity contribution in [1.29, 1.82) is 5.26 Å². The fourth-order valence-electron chi connectivity index (χ4n) is 2.95. The normalized spacial score (nSPS) is 11.3. The predicted octanol–water partition coefficient (Wildman–Crippen LogP) is 5.21. The number of rotatable bonds is 5. The molecule has 0 fully saturated rings. The van der Waals surface area contributed by atoms with Crippen molar-refractivity contribution in [1.82, 2.24) is 9.97 Å². The minimum Gasteiger partial charge on any atom is -0.489 e. The highest BCUT2D eigenvalue weighted by Crippen LogP contribution is 2.29. The zero-order chi connectivity index (χ0) is 18.5. The summed E-state index contributed by atoms with van der Waals surface area (Å²) >= 11 is 0. The first kappa shape index (κ1) is 16.6. The van der Waals surface area contributed by atoms with Crippen molar-refractivity contribution in [3.05, 3.63) is 95.9 Å². The maximum atomic E-state index is 9.66. The molecule has 130 valence electrons. The second-order valence-electron chi connectivity index (χ2n) is 6.14. The van der Waals surface area contributed by atoms with Gasteiger partial charge in [0, 0.05) is 35.1 Å². The third-order valence-corrected chi connectivity index (χ3v) is 4.31. The molecular formula is C23H17N3O. The molecule has 4 nitrogen and oxygen atoms in total. The van der Waals surface area contributed by atoms with E-state index in [1.807, 2.05) is 72.9 Å². The van der Waals surface area contributed by atoms with Gasteiger partial charge in [-0.1, -0.05) is 36.4 Å². The number of nitrogens with one attached hydrogen (secondary N) is 1. The van der Waals surface area contributed by atoms with Crippen molar-refractivity contribution in [2.75, 3.05) is 0 Å². The molecule has 2 heterocycles. The van der Waals surface area contributed by atoms with Crippen LogP contribution in [0.3, 0.4) is 0 Å². The van der Waals surface area contributed by atoms with E-state index in [1.54, 1.807) is 12.4 Å². The summed E-state index contributed by atoms with van der Waals surface area (Å²) in [5.74, 6) is 0.769. The number of aromatic amines is 1. The van der Waals surface area contributed by atoms with Gasteiger partial charge in [0.15, 0.2) is 0 Å². The molecular weight excluding hydrogens is 334 g/mol. The average molecular weight is 351 g/mol. The Balaban J connectivity index is 1.65. The summed E-state index contributed by atoms with van der Waals surface area (Å²) in [6, 6.07) is 22.0. The maximum absolute atomic E-state index is 9.66. The second-order valence-corrected chi connectivity index (χ2v) is 6.14. The fraction of sp³-hybridized carbons (Fsp3) is 0.0435. The molecule has 4 aromatic rings. The molecule has 0 bridgehead atoms. The Bertz CT molecular complexity index is 1120. The van der Waals surface area contributed by atoms with Crippen molar-refractivity contribution in [3.8, 4) is 11.8 Å². The largest absolute Gasteiger partial charge is 0.489 e. The van der Waals surface area contributed by atoms with Crippen LogP contribution in [0.2, 0.25) is 0 Å². The molecule has 0 atom stereocenters. The van der Waals surface area contributed by atoms with Gasteiger partial charge in [-0.3, -0.25) is 4.98 Å². The van der Waals surface area contributed by atoms with Crippen molar-refractivity contribution in [2.24, 2.45) is 0 Å². The first-order valence-electron chi connectivity index (χ1n) is 8.63. The molecule has 0 aliphatic carbocycles. The molecule has 0 saturated carbocycles. The summed E-state index contributed by atoms with van der Waals surface area (Å²) in [6.45, 7) is 0.503. The van der Waals surface area contributed by atoms with Crippen LogP contribution in [0.25, 0.3) is 22.6 Å². The van der Waals surface area contributed by atoms with Gasteiger partial charge in [-0.2, -0.15) is 5.26 Å². The van der Waals surface area contributed by atoms with Crippen molar-refractivity contribution < 1.29 is 4.74 Å². The fourth-order valence-corrected chi connectivity index (χ4v) is 2.95. The minimum atomic E-state index is 0.503. The lowest BCUT2D eigenvalue weighted by Crippen LogP contribution is -1.94. The van der Waals surface area contributed by atoms with E-state index in [0.717, 1.165) is 33.3 Å². The number of nitriles is 1. The van der Waals surface area contributed by atoms with Crippen LogP contribution in [0.1, 0.15) is 16.7 Å². The van der Waals surface area contributed by atoms with E-state index in [4.69, 9.17) is 4.74 Å². The Kier molecular flexibility index (Phi) is 4.67. The number of ether oxygens (including phenoxy) is 1. The summed E-state index contributed by atoms with van der Waals surface area (Å²) in [5.41, 5.74) is 4.39. The Morgan fingerprint density at radius 2 is 2.00 bits per heavy atom. The Morgan fingerprint density at radius 3 is 2.78 bits per heavy atom. The van der Waals surface area contributed by atoms with Gasteiger partial charge in [-0.15, -0.1) is 0 Å². The van der Waals surface area contributed by atoms with Crippen molar-refractivity contribution in [2.45, 2.75) is 6.61 Å². The van der Waals surface area contributed by atoms with Crippen LogP contribution in [0.15, 0.2) is 79.3 Å². The molecule has 0 saturated heterocycles. The molecule has 0 aliphatic rings. The predicted molar refractivity (Wildman–Crippen MR) is 107 cm³/mol. The molecule has 4 rings (SSSR count). The molecule has 2 aromatic carbocycles. The van der Waals surface area contributed by atoms with E-state index in [2.05, 4.69) is 16.0 Å². The summed E-state index contributed by atoms with van der Waals surface area (Å²) < 4.78 is 5.93. The van der Waals surface area contributed by atoms with Crippen LogP contribution in [0.4, 0.5) is 0 Å². The molecule has 27 heavy (non-hydrogen) atoms. The summed E-state index contributed by atoms with van der Waals surface area (Å²) in [4.78, 5) is 7.33. The molecule has 0 amide bonds. The lowest BCUT2D eigenvalue weighted by atomic mass is 10.0. The highest BCUT2D eigenvalue weighted by atomic mass is 16.5. The van der Waals surface area contributed by atoms with E-state index >= 15 is 0 Å². The van der Waals surface area contributed by atoms with Crippen LogP contribution >= 0.6 is 0 Å². The van der Waals surface area contributed by atoms with Gasteiger partial charge < -0.3 is 9.72 Å². The number of benzene rings is 2. The Labute approximate surface area is 157 Å². The number of hydrogen-bond donors (Lipinski definition) is 1.